The summed E-state index contributed by atoms with van der Waals surface area (Å²) in [7, 11) is 2.03. The van der Waals surface area contributed by atoms with Gasteiger partial charge in [-0.3, -0.25) is 4.79 Å². The first-order valence-corrected chi connectivity index (χ1v) is 5.13. The molecule has 1 aromatic carbocycles. The van der Waals surface area contributed by atoms with Crippen LogP contribution in [-0.4, -0.2) is 10.9 Å². The monoisotopic (exact) mass is 330 g/mol. The Balaban J connectivity index is 0.00000128. The van der Waals surface area contributed by atoms with Gasteiger partial charge in [0.1, 0.15) is 6.29 Å². The van der Waals surface area contributed by atoms with Crippen molar-refractivity contribution >= 4 is 17.3 Å². The Morgan fingerprint density at radius 2 is 2.12 bits per heavy atom. The molecule has 1 aromatic heterocycles. The molecule has 16 heavy (non-hydrogen) atoms. The highest BCUT2D eigenvalue weighted by atomic mass is 127. The van der Waals surface area contributed by atoms with E-state index in [-0.39, 0.29) is 24.0 Å². The van der Waals surface area contributed by atoms with E-state index in [2.05, 4.69) is 23.0 Å². The van der Waals surface area contributed by atoms with E-state index in [1.807, 2.05) is 25.2 Å². The smallest absolute Gasteiger partial charge is 0.253 e. The van der Waals surface area contributed by atoms with Gasteiger partial charge in [-0.05, 0) is 25.1 Å². The van der Waals surface area contributed by atoms with E-state index in [1.54, 1.807) is 0 Å². The third-order valence-corrected chi connectivity index (χ3v) is 2.98. The van der Waals surface area contributed by atoms with Crippen molar-refractivity contribution < 1.29 is 33.3 Å². The molecule has 0 saturated heterocycles. The number of aryl methyl sites for hydroxylation is 2. The zero-order valence-corrected chi connectivity index (χ0v) is 11.9. The van der Waals surface area contributed by atoms with Gasteiger partial charge < -0.3 is 24.0 Å². The molecule has 3 nitrogen and oxygen atoms in total. The Morgan fingerprint density at radius 3 is 2.69 bits per heavy atom. The van der Waals surface area contributed by atoms with E-state index >= 15 is 0 Å². The largest absolute Gasteiger partial charge is 1.00 e. The zero-order valence-electron chi connectivity index (χ0n) is 9.70. The molecule has 2 rings (SSSR count). The van der Waals surface area contributed by atoms with Gasteiger partial charge in [-0.2, -0.15) is 0 Å². The number of carbonyl (C=O) groups excluding carboxylic acids is 1. The molecule has 0 unspecified atom stereocenters. The van der Waals surface area contributed by atoms with E-state index in [4.69, 9.17) is 0 Å². The van der Waals surface area contributed by atoms with Crippen molar-refractivity contribution in [2.24, 2.45) is 7.05 Å². The number of aldehydes is 1. The van der Waals surface area contributed by atoms with Crippen LogP contribution in [0.25, 0.3) is 11.0 Å². The Hall–Kier alpha value is -0.910. The van der Waals surface area contributed by atoms with Crippen molar-refractivity contribution in [3.63, 3.8) is 0 Å². The third-order valence-electron chi connectivity index (χ3n) is 2.98. The average molecular weight is 330 g/mol. The van der Waals surface area contributed by atoms with Crippen LogP contribution in [0.5, 0.6) is 0 Å². The minimum Gasteiger partial charge on any atom is -1.00 e. The minimum absolute atomic E-state index is 0. The van der Waals surface area contributed by atoms with Gasteiger partial charge in [-0.25, -0.2) is 9.13 Å². The molecule has 0 aliphatic rings. The van der Waals surface area contributed by atoms with Crippen LogP contribution in [0.2, 0.25) is 0 Å². The lowest BCUT2D eigenvalue weighted by Crippen LogP contribution is -3.00. The molecule has 4 heteroatoms. The topological polar surface area (TPSA) is 25.9 Å². The summed E-state index contributed by atoms with van der Waals surface area (Å²) in [6.07, 6.45) is 0.887. The standard InChI is InChI=1S/C12H15N2O.HI/c1-4-14-9(2)13(3)12-7-10(8-15)5-6-11(12)14;/h5-8H,4H2,1-3H3;1H/q+1;/p-1. The second-order valence-electron chi connectivity index (χ2n) is 3.72. The minimum atomic E-state index is 0. The molecule has 0 aliphatic carbocycles. The van der Waals surface area contributed by atoms with Crippen molar-refractivity contribution in [2.75, 3.05) is 0 Å². The van der Waals surface area contributed by atoms with Crippen molar-refractivity contribution in [3.05, 3.63) is 29.6 Å². The van der Waals surface area contributed by atoms with Crippen LogP contribution in [0.15, 0.2) is 18.2 Å². The van der Waals surface area contributed by atoms with E-state index in [1.165, 1.54) is 11.3 Å². The van der Waals surface area contributed by atoms with Crippen LogP contribution in [0.4, 0.5) is 0 Å². The summed E-state index contributed by atoms with van der Waals surface area (Å²) in [5, 5.41) is 0. The van der Waals surface area contributed by atoms with E-state index < -0.39 is 0 Å². The number of nitrogens with zero attached hydrogens (tertiary/aromatic N) is 2. The number of imidazole rings is 1. The van der Waals surface area contributed by atoms with Crippen LogP contribution < -0.4 is 28.5 Å². The van der Waals surface area contributed by atoms with Gasteiger partial charge in [0, 0.05) is 12.5 Å². The maximum Gasteiger partial charge on any atom is 0.253 e. The fourth-order valence-corrected chi connectivity index (χ4v) is 2.04. The molecule has 0 saturated carbocycles. The molecular formula is C12H15IN2O. The van der Waals surface area contributed by atoms with Crippen LogP contribution in [0.1, 0.15) is 23.1 Å². The Morgan fingerprint density at radius 1 is 1.44 bits per heavy atom. The van der Waals surface area contributed by atoms with Crippen molar-refractivity contribution in [2.45, 2.75) is 20.4 Å². The van der Waals surface area contributed by atoms with Crippen molar-refractivity contribution in [1.82, 2.24) is 4.57 Å². The van der Waals surface area contributed by atoms with E-state index in [0.29, 0.717) is 0 Å². The van der Waals surface area contributed by atoms with E-state index in [9.17, 15) is 4.79 Å². The number of carbonyl (C=O) groups is 1. The normalized spacial score (nSPS) is 10.2. The van der Waals surface area contributed by atoms with Gasteiger partial charge in [0.15, 0.2) is 11.0 Å². The van der Waals surface area contributed by atoms with Gasteiger partial charge in [-0.1, -0.05) is 0 Å². The predicted octanol–water partition coefficient (Wildman–Crippen LogP) is -1.39. The average Bonchev–Trinajstić information content (AvgIpc) is 2.51. The van der Waals surface area contributed by atoms with Gasteiger partial charge in [0.05, 0.1) is 13.6 Å². The molecule has 0 fully saturated rings. The van der Waals surface area contributed by atoms with Gasteiger partial charge in [0.25, 0.3) is 5.82 Å². The number of halogens is 1. The molecule has 0 bridgehead atoms. The lowest BCUT2D eigenvalue weighted by atomic mass is 10.2. The lowest BCUT2D eigenvalue weighted by Gasteiger charge is -1.93. The first-order chi connectivity index (χ1) is 7.19. The van der Waals surface area contributed by atoms with Gasteiger partial charge in [-0.15, -0.1) is 0 Å². The SMILES string of the molecule is CC[n+]1c(C)n(C)c2cc(C=O)ccc21.[I-]. The molecule has 0 amide bonds. The highest BCUT2D eigenvalue weighted by Gasteiger charge is 2.17. The summed E-state index contributed by atoms with van der Waals surface area (Å²) in [5.41, 5.74) is 3.02. The van der Waals surface area contributed by atoms with Crippen LogP contribution in [-0.2, 0) is 13.6 Å². The molecular weight excluding hydrogens is 315 g/mol. The van der Waals surface area contributed by atoms with E-state index in [0.717, 1.165) is 23.9 Å². The first-order valence-electron chi connectivity index (χ1n) is 5.13. The second-order valence-corrected chi connectivity index (χ2v) is 3.72. The number of benzene rings is 1. The summed E-state index contributed by atoms with van der Waals surface area (Å²) < 4.78 is 4.36. The fourth-order valence-electron chi connectivity index (χ4n) is 2.04. The number of rotatable bonds is 2. The first kappa shape index (κ1) is 13.2. The number of hydrogen-bond donors (Lipinski definition) is 0. The molecule has 0 aliphatic heterocycles. The quantitative estimate of drug-likeness (QED) is 0.378. The zero-order chi connectivity index (χ0) is 11.0. The number of fused-ring (bicyclic) bond motifs is 1. The molecule has 2 aromatic rings. The fraction of sp³-hybridized carbons (Fsp3) is 0.333. The number of aromatic nitrogens is 2. The Kier molecular flexibility index (Phi) is 4.07. The Bertz CT molecular complexity index is 531. The molecule has 0 spiro atoms. The maximum absolute atomic E-state index is 10.7. The predicted molar refractivity (Wildman–Crippen MR) is 58.9 cm³/mol. The third kappa shape index (κ3) is 1.86. The summed E-state index contributed by atoms with van der Waals surface area (Å²) in [6.45, 7) is 5.16. The second kappa shape index (κ2) is 4.95. The molecule has 0 N–H and O–H groups in total. The highest BCUT2D eigenvalue weighted by Crippen LogP contribution is 2.14. The van der Waals surface area contributed by atoms with Gasteiger partial charge in [0.2, 0.25) is 0 Å². The summed E-state index contributed by atoms with van der Waals surface area (Å²) >= 11 is 0. The van der Waals surface area contributed by atoms with Gasteiger partial charge >= 0.3 is 0 Å². The molecule has 1 heterocycles. The van der Waals surface area contributed by atoms with Crippen LogP contribution in [0, 0.1) is 6.92 Å². The number of hydrogen-bond acceptors (Lipinski definition) is 1. The highest BCUT2D eigenvalue weighted by molar-refractivity contribution is 5.83. The maximum atomic E-state index is 10.7. The summed E-state index contributed by atoms with van der Waals surface area (Å²) in [5.74, 6) is 1.20. The van der Waals surface area contributed by atoms with Crippen molar-refractivity contribution in [3.8, 4) is 0 Å². The molecule has 0 radical (unpaired) electrons. The van der Waals surface area contributed by atoms with Crippen LogP contribution in [0.3, 0.4) is 0 Å². The summed E-state index contributed by atoms with van der Waals surface area (Å²) in [6, 6.07) is 5.80. The molecule has 86 valence electrons. The van der Waals surface area contributed by atoms with Crippen molar-refractivity contribution in [1.29, 1.82) is 0 Å². The summed E-state index contributed by atoms with van der Waals surface area (Å²) in [4.78, 5) is 10.7. The van der Waals surface area contributed by atoms with Crippen LogP contribution >= 0.6 is 0 Å². The lowest BCUT2D eigenvalue weighted by molar-refractivity contribution is -0.674. The Labute approximate surface area is 112 Å². The molecule has 0 atom stereocenters.